The summed E-state index contributed by atoms with van der Waals surface area (Å²) >= 11 is 1.31. The molecule has 3 N–H and O–H groups in total. The molecule has 0 bridgehead atoms. The Balaban J connectivity index is 2.51. The fourth-order valence-electron chi connectivity index (χ4n) is 1.27. The highest BCUT2D eigenvalue weighted by atomic mass is 32.1. The second-order valence-corrected chi connectivity index (χ2v) is 4.52. The van der Waals surface area contributed by atoms with Crippen molar-refractivity contribution in [3.8, 4) is 0 Å². The van der Waals surface area contributed by atoms with Crippen LogP contribution in [0.25, 0.3) is 0 Å². The van der Waals surface area contributed by atoms with Crippen molar-refractivity contribution in [3.05, 3.63) is 22.4 Å². The largest absolute Gasteiger partial charge is 0.479 e. The van der Waals surface area contributed by atoms with Crippen molar-refractivity contribution in [2.24, 2.45) is 0 Å². The van der Waals surface area contributed by atoms with E-state index in [0.717, 1.165) is 12.8 Å². The molecule has 0 aromatic carbocycles. The van der Waals surface area contributed by atoms with Gasteiger partial charge in [-0.3, -0.25) is 0 Å². The van der Waals surface area contributed by atoms with Crippen LogP contribution in [0, 0.1) is 0 Å². The first-order valence-electron chi connectivity index (χ1n) is 5.45. The van der Waals surface area contributed by atoms with E-state index in [0.29, 0.717) is 11.4 Å². The highest BCUT2D eigenvalue weighted by Gasteiger charge is 2.22. The van der Waals surface area contributed by atoms with Gasteiger partial charge in [0.05, 0.1) is 0 Å². The summed E-state index contributed by atoms with van der Waals surface area (Å²) in [7, 11) is 0. The van der Waals surface area contributed by atoms with E-state index < -0.39 is 18.0 Å². The van der Waals surface area contributed by atoms with Gasteiger partial charge in [0, 0.05) is 11.4 Å². The van der Waals surface area contributed by atoms with Crippen LogP contribution < -0.4 is 10.6 Å². The fraction of sp³-hybridized carbons (Fsp3) is 0.455. The van der Waals surface area contributed by atoms with Gasteiger partial charge in [-0.25, -0.2) is 9.59 Å². The van der Waals surface area contributed by atoms with Gasteiger partial charge in [0.2, 0.25) is 0 Å². The number of thiophene rings is 1. The lowest BCUT2D eigenvalue weighted by molar-refractivity contribution is -0.139. The number of hydrogen-bond acceptors (Lipinski definition) is 3. The highest BCUT2D eigenvalue weighted by Crippen LogP contribution is 2.18. The Kier molecular flexibility index (Phi) is 5.48. The van der Waals surface area contributed by atoms with Gasteiger partial charge in [0.15, 0.2) is 6.04 Å². The summed E-state index contributed by atoms with van der Waals surface area (Å²) in [6.07, 6.45) is 1.86. The Bertz CT molecular complexity index is 365. The standard InChI is InChI=1S/C11H16N2O3S/c1-2-3-6-12-11(16)13-9(10(14)15)8-5-4-7-17-8/h4-5,7,9H,2-3,6H2,1H3,(H,14,15)(H2,12,13,16). The average Bonchev–Trinajstić information content (AvgIpc) is 2.79. The van der Waals surface area contributed by atoms with E-state index >= 15 is 0 Å². The summed E-state index contributed by atoms with van der Waals surface area (Å²) in [4.78, 5) is 23.1. The zero-order chi connectivity index (χ0) is 12.7. The molecule has 1 unspecified atom stereocenters. The molecule has 0 saturated heterocycles. The summed E-state index contributed by atoms with van der Waals surface area (Å²) in [5.74, 6) is -1.06. The van der Waals surface area contributed by atoms with E-state index in [4.69, 9.17) is 5.11 Å². The zero-order valence-corrected chi connectivity index (χ0v) is 10.4. The topological polar surface area (TPSA) is 78.4 Å². The lowest BCUT2D eigenvalue weighted by atomic mass is 10.2. The summed E-state index contributed by atoms with van der Waals surface area (Å²) in [6, 6.07) is 2.03. The van der Waals surface area contributed by atoms with Crippen LogP contribution in [0.2, 0.25) is 0 Å². The normalized spacial score (nSPS) is 11.8. The first kappa shape index (κ1) is 13.5. The van der Waals surface area contributed by atoms with Crippen molar-refractivity contribution in [1.82, 2.24) is 10.6 Å². The Morgan fingerprint density at radius 3 is 2.82 bits per heavy atom. The Hall–Kier alpha value is -1.56. The van der Waals surface area contributed by atoms with Crippen LogP contribution in [0.1, 0.15) is 30.7 Å². The van der Waals surface area contributed by atoms with Gasteiger partial charge in [-0.15, -0.1) is 11.3 Å². The van der Waals surface area contributed by atoms with Crippen LogP contribution in [-0.2, 0) is 4.79 Å². The Morgan fingerprint density at radius 2 is 2.29 bits per heavy atom. The molecular formula is C11H16N2O3S. The molecule has 2 amide bonds. The summed E-state index contributed by atoms with van der Waals surface area (Å²) in [6.45, 7) is 2.57. The molecule has 0 aliphatic heterocycles. The molecule has 5 nitrogen and oxygen atoms in total. The van der Waals surface area contributed by atoms with Gasteiger partial charge in [0.25, 0.3) is 0 Å². The smallest absolute Gasteiger partial charge is 0.331 e. The van der Waals surface area contributed by atoms with Crippen molar-refractivity contribution < 1.29 is 14.7 Å². The molecule has 1 heterocycles. The molecule has 1 aromatic heterocycles. The zero-order valence-electron chi connectivity index (χ0n) is 9.60. The predicted molar refractivity (Wildman–Crippen MR) is 66.1 cm³/mol. The Labute approximate surface area is 104 Å². The van der Waals surface area contributed by atoms with Crippen LogP contribution in [0.15, 0.2) is 17.5 Å². The number of hydrogen-bond donors (Lipinski definition) is 3. The van der Waals surface area contributed by atoms with E-state index in [9.17, 15) is 9.59 Å². The van der Waals surface area contributed by atoms with Crippen molar-refractivity contribution in [2.45, 2.75) is 25.8 Å². The maximum atomic E-state index is 11.4. The number of aliphatic carboxylic acids is 1. The third-order valence-corrected chi connectivity index (χ3v) is 3.10. The average molecular weight is 256 g/mol. The molecule has 0 aliphatic carbocycles. The van der Waals surface area contributed by atoms with Crippen molar-refractivity contribution in [3.63, 3.8) is 0 Å². The molecule has 17 heavy (non-hydrogen) atoms. The van der Waals surface area contributed by atoms with Crippen LogP contribution in [0.3, 0.4) is 0 Å². The predicted octanol–water partition coefficient (Wildman–Crippen LogP) is 1.97. The van der Waals surface area contributed by atoms with Crippen molar-refractivity contribution >= 4 is 23.3 Å². The monoisotopic (exact) mass is 256 g/mol. The van der Waals surface area contributed by atoms with Crippen LogP contribution in [0.4, 0.5) is 4.79 Å². The molecule has 94 valence electrons. The number of nitrogens with one attached hydrogen (secondary N) is 2. The number of rotatable bonds is 6. The quantitative estimate of drug-likeness (QED) is 0.681. The first-order valence-corrected chi connectivity index (χ1v) is 6.33. The van der Waals surface area contributed by atoms with Crippen LogP contribution in [-0.4, -0.2) is 23.7 Å². The summed E-state index contributed by atoms with van der Waals surface area (Å²) in [5, 5.41) is 15.9. The van der Waals surface area contributed by atoms with E-state index in [2.05, 4.69) is 10.6 Å². The van der Waals surface area contributed by atoms with Crippen molar-refractivity contribution in [2.75, 3.05) is 6.54 Å². The molecule has 1 rings (SSSR count). The van der Waals surface area contributed by atoms with Gasteiger partial charge >= 0.3 is 12.0 Å². The van der Waals surface area contributed by atoms with Gasteiger partial charge in [-0.1, -0.05) is 19.4 Å². The third kappa shape index (κ3) is 4.44. The van der Waals surface area contributed by atoms with Gasteiger partial charge in [-0.05, 0) is 17.9 Å². The third-order valence-electron chi connectivity index (χ3n) is 2.17. The number of amides is 2. The second-order valence-electron chi connectivity index (χ2n) is 3.54. The van der Waals surface area contributed by atoms with E-state index in [1.54, 1.807) is 17.5 Å². The number of carbonyl (C=O) groups is 2. The molecule has 0 aliphatic rings. The summed E-state index contributed by atoms with van der Waals surface area (Å²) in [5.41, 5.74) is 0. The van der Waals surface area contributed by atoms with Crippen LogP contribution >= 0.6 is 11.3 Å². The molecular weight excluding hydrogens is 240 g/mol. The lowest BCUT2D eigenvalue weighted by Crippen LogP contribution is -2.40. The lowest BCUT2D eigenvalue weighted by Gasteiger charge is -2.13. The molecule has 0 spiro atoms. The first-order chi connectivity index (χ1) is 8.15. The van der Waals surface area contributed by atoms with E-state index in [-0.39, 0.29) is 0 Å². The fourth-order valence-corrected chi connectivity index (χ4v) is 2.04. The molecule has 0 saturated carbocycles. The SMILES string of the molecule is CCCCNC(=O)NC(C(=O)O)c1cccs1. The molecule has 6 heteroatoms. The minimum atomic E-state index is -1.06. The number of carboxylic acid groups (broad SMARTS) is 1. The van der Waals surface area contributed by atoms with Crippen LogP contribution in [0.5, 0.6) is 0 Å². The number of carboxylic acids is 1. The van der Waals surface area contributed by atoms with E-state index in [1.807, 2.05) is 6.92 Å². The molecule has 1 aromatic rings. The van der Waals surface area contributed by atoms with Gasteiger partial charge in [-0.2, -0.15) is 0 Å². The van der Waals surface area contributed by atoms with Crippen molar-refractivity contribution in [1.29, 1.82) is 0 Å². The Morgan fingerprint density at radius 1 is 1.53 bits per heavy atom. The summed E-state index contributed by atoms with van der Waals surface area (Å²) < 4.78 is 0. The van der Waals surface area contributed by atoms with Gasteiger partial charge < -0.3 is 15.7 Å². The minimum Gasteiger partial charge on any atom is -0.479 e. The maximum absolute atomic E-state index is 11.4. The number of unbranched alkanes of at least 4 members (excludes halogenated alkanes) is 1. The van der Waals surface area contributed by atoms with E-state index in [1.165, 1.54) is 11.3 Å². The second kappa shape index (κ2) is 6.90. The molecule has 1 atom stereocenters. The van der Waals surface area contributed by atoms with Gasteiger partial charge in [0.1, 0.15) is 0 Å². The molecule has 0 fully saturated rings. The maximum Gasteiger partial charge on any atom is 0.331 e. The number of urea groups is 1. The number of carbonyl (C=O) groups excluding carboxylic acids is 1. The molecule has 0 radical (unpaired) electrons. The highest BCUT2D eigenvalue weighted by molar-refractivity contribution is 7.10. The minimum absolute atomic E-state index is 0.445.